The highest BCUT2D eigenvalue weighted by molar-refractivity contribution is 7.89. The third-order valence-corrected chi connectivity index (χ3v) is 6.32. The molecule has 2 aromatic carbocycles. The molecule has 1 aliphatic heterocycles. The Morgan fingerprint density at radius 3 is 2.57 bits per heavy atom. The van der Waals surface area contributed by atoms with Crippen molar-refractivity contribution >= 4 is 27.5 Å². The molecule has 1 unspecified atom stereocenters. The van der Waals surface area contributed by atoms with Gasteiger partial charge in [0.05, 0.1) is 17.2 Å². The van der Waals surface area contributed by atoms with Gasteiger partial charge in [0.25, 0.3) is 0 Å². The van der Waals surface area contributed by atoms with Crippen LogP contribution in [0.4, 0.5) is 5.69 Å². The number of sulfonamides is 1. The number of benzene rings is 2. The lowest BCUT2D eigenvalue weighted by molar-refractivity contribution is -0.117. The molecule has 2 aromatic rings. The van der Waals surface area contributed by atoms with Gasteiger partial charge in [-0.1, -0.05) is 18.2 Å². The molecule has 1 heterocycles. The average Bonchev–Trinajstić information content (AvgIpc) is 2.69. The SMILES string of the molecule is CC(=O)NC(C)=Nc1ccc(-c2cccc(S(=O)(=O)NC3CCCOC3)c2)cc1C. The normalized spacial score (nSPS) is 17.6. The van der Waals surface area contributed by atoms with Crippen LogP contribution in [0.5, 0.6) is 0 Å². The molecular weight excluding hydrogens is 402 g/mol. The van der Waals surface area contributed by atoms with Gasteiger partial charge in [0.1, 0.15) is 5.84 Å². The van der Waals surface area contributed by atoms with Crippen LogP contribution in [0.1, 0.15) is 32.3 Å². The van der Waals surface area contributed by atoms with Gasteiger partial charge < -0.3 is 10.1 Å². The van der Waals surface area contributed by atoms with Gasteiger partial charge in [0.15, 0.2) is 0 Å². The average molecular weight is 430 g/mol. The number of hydrogen-bond acceptors (Lipinski definition) is 5. The lowest BCUT2D eigenvalue weighted by Crippen LogP contribution is -2.40. The van der Waals surface area contributed by atoms with E-state index >= 15 is 0 Å². The number of ether oxygens (including phenoxy) is 1. The van der Waals surface area contributed by atoms with E-state index in [1.165, 1.54) is 6.92 Å². The summed E-state index contributed by atoms with van der Waals surface area (Å²) in [5.74, 6) is 0.348. The minimum atomic E-state index is -3.63. The van der Waals surface area contributed by atoms with Gasteiger partial charge in [-0.3, -0.25) is 4.79 Å². The predicted octanol–water partition coefficient (Wildman–Crippen LogP) is 3.31. The van der Waals surface area contributed by atoms with E-state index in [1.807, 2.05) is 31.2 Å². The van der Waals surface area contributed by atoms with Crippen molar-refractivity contribution in [3.63, 3.8) is 0 Å². The van der Waals surface area contributed by atoms with Crippen LogP contribution in [0.2, 0.25) is 0 Å². The molecule has 1 aliphatic rings. The fourth-order valence-electron chi connectivity index (χ4n) is 3.39. The number of nitrogens with one attached hydrogen (secondary N) is 2. The molecule has 1 atom stereocenters. The molecule has 0 aliphatic carbocycles. The van der Waals surface area contributed by atoms with Crippen molar-refractivity contribution < 1.29 is 17.9 Å². The summed E-state index contributed by atoms with van der Waals surface area (Å²) in [6, 6.07) is 12.4. The van der Waals surface area contributed by atoms with Gasteiger partial charge in [-0.15, -0.1) is 0 Å². The van der Waals surface area contributed by atoms with Crippen molar-refractivity contribution in [2.45, 2.75) is 44.6 Å². The van der Waals surface area contributed by atoms with Crippen molar-refractivity contribution in [3.05, 3.63) is 48.0 Å². The Bertz CT molecular complexity index is 1060. The maximum Gasteiger partial charge on any atom is 0.240 e. The zero-order valence-electron chi connectivity index (χ0n) is 17.4. The summed E-state index contributed by atoms with van der Waals surface area (Å²) in [5.41, 5.74) is 3.35. The second-order valence-electron chi connectivity index (χ2n) is 7.44. The fourth-order valence-corrected chi connectivity index (χ4v) is 4.69. The van der Waals surface area contributed by atoms with E-state index in [1.54, 1.807) is 25.1 Å². The zero-order chi connectivity index (χ0) is 21.7. The summed E-state index contributed by atoms with van der Waals surface area (Å²) in [6.07, 6.45) is 1.63. The fraction of sp³-hybridized carbons (Fsp3) is 0.364. The number of nitrogens with zero attached hydrogens (tertiary/aromatic N) is 1. The standard InChI is InChI=1S/C22H27N3O4S/c1-15-12-19(9-10-22(15)24-16(2)23-17(3)26)18-6-4-8-21(13-18)30(27,28)25-20-7-5-11-29-14-20/h4,6,8-10,12-13,20,25H,5,7,11,14H2,1-3H3,(H,23,24,26). The lowest BCUT2D eigenvalue weighted by atomic mass is 10.0. The summed E-state index contributed by atoms with van der Waals surface area (Å²) in [4.78, 5) is 15.8. The van der Waals surface area contributed by atoms with Crippen LogP contribution in [-0.4, -0.2) is 39.4 Å². The number of carbonyl (C=O) groups is 1. The first-order chi connectivity index (χ1) is 14.2. The molecule has 0 bridgehead atoms. The van der Waals surface area contributed by atoms with Crippen molar-refractivity contribution in [1.29, 1.82) is 0 Å². The van der Waals surface area contributed by atoms with Crippen LogP contribution < -0.4 is 10.0 Å². The van der Waals surface area contributed by atoms with Crippen LogP contribution in [-0.2, 0) is 19.6 Å². The number of hydrogen-bond donors (Lipinski definition) is 2. The Morgan fingerprint density at radius 2 is 1.90 bits per heavy atom. The minimum absolute atomic E-state index is 0.169. The molecule has 7 nitrogen and oxygen atoms in total. The Balaban J connectivity index is 1.83. The third kappa shape index (κ3) is 5.75. The van der Waals surface area contributed by atoms with E-state index in [4.69, 9.17) is 4.74 Å². The highest BCUT2D eigenvalue weighted by Crippen LogP contribution is 2.28. The summed E-state index contributed by atoms with van der Waals surface area (Å²) in [5, 5.41) is 2.65. The van der Waals surface area contributed by atoms with Gasteiger partial charge in [-0.2, -0.15) is 0 Å². The van der Waals surface area contributed by atoms with Gasteiger partial charge >= 0.3 is 0 Å². The molecule has 2 N–H and O–H groups in total. The van der Waals surface area contributed by atoms with Crippen molar-refractivity contribution in [3.8, 4) is 11.1 Å². The number of amidine groups is 1. The van der Waals surface area contributed by atoms with E-state index in [-0.39, 0.29) is 16.8 Å². The van der Waals surface area contributed by atoms with Gasteiger partial charge in [-0.05, 0) is 67.6 Å². The number of rotatable bonds is 5. The lowest BCUT2D eigenvalue weighted by Gasteiger charge is -2.23. The smallest absolute Gasteiger partial charge is 0.240 e. The highest BCUT2D eigenvalue weighted by atomic mass is 32.2. The van der Waals surface area contributed by atoms with E-state index in [0.29, 0.717) is 19.0 Å². The molecule has 160 valence electrons. The molecule has 8 heteroatoms. The van der Waals surface area contributed by atoms with Crippen molar-refractivity contribution in [1.82, 2.24) is 10.0 Å². The van der Waals surface area contributed by atoms with Crippen LogP contribution in [0.15, 0.2) is 52.4 Å². The predicted molar refractivity (Wildman–Crippen MR) is 117 cm³/mol. The van der Waals surface area contributed by atoms with E-state index in [0.717, 1.165) is 35.2 Å². The van der Waals surface area contributed by atoms with E-state index in [9.17, 15) is 13.2 Å². The number of amides is 1. The van der Waals surface area contributed by atoms with Crippen LogP contribution >= 0.6 is 0 Å². The van der Waals surface area contributed by atoms with Gasteiger partial charge in [0, 0.05) is 19.6 Å². The zero-order valence-corrected chi connectivity index (χ0v) is 18.3. The highest BCUT2D eigenvalue weighted by Gasteiger charge is 2.22. The number of aliphatic imine (C=N–C) groups is 1. The molecule has 0 aromatic heterocycles. The van der Waals surface area contributed by atoms with Crippen LogP contribution in [0, 0.1) is 6.92 Å². The quantitative estimate of drug-likeness (QED) is 0.563. The first kappa shape index (κ1) is 22.1. The van der Waals surface area contributed by atoms with Crippen LogP contribution in [0.3, 0.4) is 0 Å². The molecule has 0 radical (unpaired) electrons. The first-order valence-corrected chi connectivity index (χ1v) is 11.4. The molecule has 0 saturated carbocycles. The first-order valence-electron chi connectivity index (χ1n) is 9.88. The van der Waals surface area contributed by atoms with Crippen molar-refractivity contribution in [2.24, 2.45) is 4.99 Å². The third-order valence-electron chi connectivity index (χ3n) is 4.80. The summed E-state index contributed by atoms with van der Waals surface area (Å²) >= 11 is 0. The summed E-state index contributed by atoms with van der Waals surface area (Å²) in [6.45, 7) is 6.17. The monoisotopic (exact) mass is 429 g/mol. The maximum absolute atomic E-state index is 12.8. The summed E-state index contributed by atoms with van der Waals surface area (Å²) in [7, 11) is -3.63. The second kappa shape index (κ2) is 9.51. The largest absolute Gasteiger partial charge is 0.380 e. The molecular formula is C22H27N3O4S. The second-order valence-corrected chi connectivity index (χ2v) is 9.16. The Kier molecular flexibility index (Phi) is 7.02. The van der Waals surface area contributed by atoms with E-state index in [2.05, 4.69) is 15.0 Å². The summed E-state index contributed by atoms with van der Waals surface area (Å²) < 4.78 is 33.7. The topological polar surface area (TPSA) is 96.9 Å². The minimum Gasteiger partial charge on any atom is -0.380 e. The molecule has 1 saturated heterocycles. The van der Waals surface area contributed by atoms with Gasteiger partial charge in [0.2, 0.25) is 15.9 Å². The molecule has 30 heavy (non-hydrogen) atoms. The van der Waals surface area contributed by atoms with Gasteiger partial charge in [-0.25, -0.2) is 18.1 Å². The molecule has 0 spiro atoms. The maximum atomic E-state index is 12.8. The Hall–Kier alpha value is -2.55. The molecule has 1 amide bonds. The van der Waals surface area contributed by atoms with Crippen LogP contribution in [0.25, 0.3) is 11.1 Å². The Labute approximate surface area is 177 Å². The Morgan fingerprint density at radius 1 is 1.13 bits per heavy atom. The molecule has 3 rings (SSSR count). The molecule has 1 fully saturated rings. The number of carbonyl (C=O) groups excluding carboxylic acids is 1. The number of aryl methyl sites for hydroxylation is 1. The van der Waals surface area contributed by atoms with E-state index < -0.39 is 10.0 Å². The van der Waals surface area contributed by atoms with Crippen molar-refractivity contribution in [2.75, 3.05) is 13.2 Å².